The fraction of sp³-hybridized carbons (Fsp3) is 0.588. The first-order valence-corrected chi connectivity index (χ1v) is 8.13. The van der Waals surface area contributed by atoms with Crippen LogP contribution in [0.25, 0.3) is 0 Å². The molecular formula is C17H26Cl2N2O3. The zero-order valence-electron chi connectivity index (χ0n) is 14.8. The van der Waals surface area contributed by atoms with Crippen LogP contribution in [0.3, 0.4) is 0 Å². The lowest BCUT2D eigenvalue weighted by molar-refractivity contribution is -0.136. The second-order valence-corrected chi connectivity index (χ2v) is 6.91. The van der Waals surface area contributed by atoms with Crippen molar-refractivity contribution >= 4 is 35.6 Å². The van der Waals surface area contributed by atoms with Crippen LogP contribution in [0.1, 0.15) is 37.6 Å². The Morgan fingerprint density at radius 3 is 2.58 bits per heavy atom. The van der Waals surface area contributed by atoms with Crippen LogP contribution in [0.4, 0.5) is 5.69 Å². The van der Waals surface area contributed by atoms with E-state index < -0.39 is 0 Å². The molecule has 0 saturated heterocycles. The average molecular weight is 377 g/mol. The molecule has 5 nitrogen and oxygen atoms in total. The summed E-state index contributed by atoms with van der Waals surface area (Å²) in [5.41, 5.74) is 6.50. The number of nitrogens with zero attached hydrogens (tertiary/aromatic N) is 1. The maximum Gasteiger partial charge on any atom is 0.257 e. The second-order valence-electron chi connectivity index (χ2n) is 6.51. The molecule has 0 aliphatic heterocycles. The summed E-state index contributed by atoms with van der Waals surface area (Å²) in [6.07, 6.45) is 0.998. The lowest BCUT2D eigenvalue weighted by Crippen LogP contribution is -2.62. The number of benzene rings is 1. The average Bonchev–Trinajstić information content (AvgIpc) is 2.51. The molecule has 0 radical (unpaired) electrons. The van der Waals surface area contributed by atoms with Crippen molar-refractivity contribution in [3.8, 4) is 5.75 Å². The monoisotopic (exact) mass is 376 g/mol. The first-order chi connectivity index (χ1) is 10.7. The Bertz CT molecular complexity index is 608. The standard InChI is InChI=1S/C17H25ClN2O3.ClH/c1-6-23-15-9-14(17(15,2)3)20(4)16(21)10-7-11(18)12(19)8-13(10)22-5;/h7-8,14-15H,6,9,19H2,1-5H3;1H. The van der Waals surface area contributed by atoms with Crippen LogP contribution >= 0.6 is 24.0 Å². The molecule has 2 rings (SSSR count). The zero-order chi connectivity index (χ0) is 17.4. The molecule has 0 aromatic heterocycles. The van der Waals surface area contributed by atoms with E-state index in [4.69, 9.17) is 26.8 Å². The van der Waals surface area contributed by atoms with E-state index in [-0.39, 0.29) is 35.9 Å². The van der Waals surface area contributed by atoms with Gasteiger partial charge < -0.3 is 20.1 Å². The molecular weight excluding hydrogens is 351 g/mol. The number of anilines is 1. The molecule has 1 saturated carbocycles. The van der Waals surface area contributed by atoms with Crippen LogP contribution in [0.15, 0.2) is 12.1 Å². The summed E-state index contributed by atoms with van der Waals surface area (Å²) < 4.78 is 11.0. The normalized spacial score (nSPS) is 21.4. The summed E-state index contributed by atoms with van der Waals surface area (Å²) in [6, 6.07) is 3.26. The van der Waals surface area contributed by atoms with Gasteiger partial charge in [-0.05, 0) is 19.4 Å². The van der Waals surface area contributed by atoms with Gasteiger partial charge in [-0.1, -0.05) is 25.4 Å². The van der Waals surface area contributed by atoms with Crippen molar-refractivity contribution in [2.75, 3.05) is 26.5 Å². The maximum atomic E-state index is 12.9. The van der Waals surface area contributed by atoms with Crippen LogP contribution in [0, 0.1) is 5.41 Å². The number of amides is 1. The van der Waals surface area contributed by atoms with E-state index in [1.54, 1.807) is 24.1 Å². The highest BCUT2D eigenvalue weighted by atomic mass is 35.5. The molecule has 0 heterocycles. The smallest absolute Gasteiger partial charge is 0.257 e. The third-order valence-corrected chi connectivity index (χ3v) is 5.16. The van der Waals surface area contributed by atoms with E-state index >= 15 is 0 Å². The Balaban J connectivity index is 0.00000288. The lowest BCUT2D eigenvalue weighted by Gasteiger charge is -2.54. The van der Waals surface area contributed by atoms with Crippen molar-refractivity contribution in [3.05, 3.63) is 22.7 Å². The minimum Gasteiger partial charge on any atom is -0.496 e. The highest BCUT2D eigenvalue weighted by molar-refractivity contribution is 6.33. The number of ether oxygens (including phenoxy) is 2. The van der Waals surface area contributed by atoms with E-state index in [1.165, 1.54) is 7.11 Å². The topological polar surface area (TPSA) is 64.8 Å². The maximum absolute atomic E-state index is 12.9. The zero-order valence-corrected chi connectivity index (χ0v) is 16.3. The van der Waals surface area contributed by atoms with Crippen molar-refractivity contribution in [1.29, 1.82) is 0 Å². The Labute approximate surface area is 154 Å². The van der Waals surface area contributed by atoms with Gasteiger partial charge >= 0.3 is 0 Å². The molecule has 136 valence electrons. The number of hydrogen-bond donors (Lipinski definition) is 1. The predicted octanol–water partition coefficient (Wildman–Crippen LogP) is 3.63. The molecule has 1 fully saturated rings. The molecule has 1 aromatic carbocycles. The summed E-state index contributed by atoms with van der Waals surface area (Å²) in [5, 5.41) is 0.350. The molecule has 1 aromatic rings. The number of carbonyl (C=O) groups excluding carboxylic acids is 1. The van der Waals surface area contributed by atoms with Crippen LogP contribution in [-0.2, 0) is 4.74 Å². The number of halogens is 2. The van der Waals surface area contributed by atoms with Gasteiger partial charge in [0.15, 0.2) is 0 Å². The predicted molar refractivity (Wildman–Crippen MR) is 99.4 cm³/mol. The summed E-state index contributed by atoms with van der Waals surface area (Å²) in [4.78, 5) is 14.6. The summed E-state index contributed by atoms with van der Waals surface area (Å²) in [7, 11) is 3.32. The fourth-order valence-corrected chi connectivity index (χ4v) is 3.41. The SMILES string of the molecule is CCOC1CC(N(C)C(=O)c2cc(Cl)c(N)cc2OC)C1(C)C.Cl. The first kappa shape index (κ1) is 20.9. The van der Waals surface area contributed by atoms with E-state index in [2.05, 4.69) is 13.8 Å². The highest BCUT2D eigenvalue weighted by Crippen LogP contribution is 2.46. The Morgan fingerprint density at radius 2 is 2.08 bits per heavy atom. The fourth-order valence-electron chi connectivity index (χ4n) is 3.24. The summed E-state index contributed by atoms with van der Waals surface area (Å²) in [6.45, 7) is 6.91. The number of hydrogen-bond acceptors (Lipinski definition) is 4. The van der Waals surface area contributed by atoms with E-state index in [0.717, 1.165) is 6.42 Å². The second kappa shape index (κ2) is 7.81. The van der Waals surface area contributed by atoms with Crippen LogP contribution in [0.5, 0.6) is 5.75 Å². The minimum atomic E-state index is -0.128. The molecule has 7 heteroatoms. The van der Waals surface area contributed by atoms with Crippen molar-refractivity contribution in [3.63, 3.8) is 0 Å². The van der Waals surface area contributed by atoms with Crippen molar-refractivity contribution in [1.82, 2.24) is 4.90 Å². The quantitative estimate of drug-likeness (QED) is 0.796. The first-order valence-electron chi connectivity index (χ1n) is 7.75. The van der Waals surface area contributed by atoms with Gasteiger partial charge in [-0.25, -0.2) is 0 Å². The molecule has 1 aliphatic carbocycles. The lowest BCUT2D eigenvalue weighted by atomic mass is 9.63. The molecule has 24 heavy (non-hydrogen) atoms. The van der Waals surface area contributed by atoms with Crippen molar-refractivity contribution in [2.45, 2.75) is 39.3 Å². The highest BCUT2D eigenvalue weighted by Gasteiger charge is 2.52. The third kappa shape index (κ3) is 3.58. The third-order valence-electron chi connectivity index (χ3n) is 4.83. The van der Waals surface area contributed by atoms with Gasteiger partial charge in [-0.15, -0.1) is 12.4 Å². The molecule has 0 spiro atoms. The molecule has 2 atom stereocenters. The van der Waals surface area contributed by atoms with Gasteiger partial charge in [0, 0.05) is 31.2 Å². The number of nitrogen functional groups attached to an aromatic ring is 1. The number of carbonyl (C=O) groups is 1. The molecule has 1 amide bonds. The van der Waals surface area contributed by atoms with E-state index in [0.29, 0.717) is 28.6 Å². The van der Waals surface area contributed by atoms with Gasteiger partial charge in [0.1, 0.15) is 5.75 Å². The van der Waals surface area contributed by atoms with Gasteiger partial charge in [0.25, 0.3) is 5.91 Å². The van der Waals surface area contributed by atoms with Crippen LogP contribution < -0.4 is 10.5 Å². The van der Waals surface area contributed by atoms with Gasteiger partial charge in [-0.2, -0.15) is 0 Å². The number of methoxy groups -OCH3 is 1. The van der Waals surface area contributed by atoms with Crippen LogP contribution in [-0.4, -0.2) is 43.7 Å². The summed E-state index contributed by atoms with van der Waals surface area (Å²) in [5.74, 6) is 0.305. The number of rotatable bonds is 5. The van der Waals surface area contributed by atoms with E-state index in [9.17, 15) is 4.79 Å². The molecule has 2 unspecified atom stereocenters. The van der Waals surface area contributed by atoms with Gasteiger partial charge in [-0.3, -0.25) is 4.79 Å². The Kier molecular flexibility index (Phi) is 6.79. The van der Waals surface area contributed by atoms with Crippen LogP contribution in [0.2, 0.25) is 5.02 Å². The molecule has 1 aliphatic rings. The van der Waals surface area contributed by atoms with Gasteiger partial charge in [0.2, 0.25) is 0 Å². The number of nitrogens with two attached hydrogens (primary N) is 1. The Hall–Kier alpha value is -1.17. The minimum absolute atomic E-state index is 0. The molecule has 0 bridgehead atoms. The van der Waals surface area contributed by atoms with Crippen molar-refractivity contribution < 1.29 is 14.3 Å². The van der Waals surface area contributed by atoms with Crippen molar-refractivity contribution in [2.24, 2.45) is 5.41 Å². The molecule has 2 N–H and O–H groups in total. The Morgan fingerprint density at radius 1 is 1.46 bits per heavy atom. The van der Waals surface area contributed by atoms with Gasteiger partial charge in [0.05, 0.1) is 29.5 Å². The summed E-state index contributed by atoms with van der Waals surface area (Å²) >= 11 is 6.07. The van der Waals surface area contributed by atoms with E-state index in [1.807, 2.05) is 6.92 Å². The largest absolute Gasteiger partial charge is 0.496 e.